The Morgan fingerprint density at radius 2 is 2.00 bits per heavy atom. The molecule has 0 N–H and O–H groups in total. The number of nitrogens with zero attached hydrogens (tertiary/aromatic N) is 3. The molecule has 0 bridgehead atoms. The van der Waals surface area contributed by atoms with Gasteiger partial charge >= 0.3 is 0 Å². The number of aromatic nitrogens is 2. The molecular weight excluding hydrogens is 222 g/mol. The molecule has 0 saturated heterocycles. The van der Waals surface area contributed by atoms with Crippen LogP contribution in [0.2, 0.25) is 0 Å². The first kappa shape index (κ1) is 12.3. The molecule has 0 aliphatic carbocycles. The van der Waals surface area contributed by atoms with Gasteiger partial charge in [-0.25, -0.2) is 9.97 Å². The SMILES string of the molecule is Cc1ccc(-c2ccnc(CCC#N)n2)cc1C. The van der Waals surface area contributed by atoms with Crippen molar-refractivity contribution in [1.29, 1.82) is 5.26 Å². The standard InChI is InChI=1S/C15H15N3/c1-11-5-6-13(10-12(11)2)14-7-9-17-15(18-14)4-3-8-16/h5-7,9-10H,3-4H2,1-2H3. The largest absolute Gasteiger partial charge is 0.241 e. The molecule has 90 valence electrons. The molecule has 0 aliphatic rings. The van der Waals surface area contributed by atoms with E-state index in [1.165, 1.54) is 11.1 Å². The first-order valence-electron chi connectivity index (χ1n) is 5.97. The van der Waals surface area contributed by atoms with Crippen LogP contribution >= 0.6 is 0 Å². The summed E-state index contributed by atoms with van der Waals surface area (Å²) in [5.74, 6) is 0.729. The maximum Gasteiger partial charge on any atom is 0.129 e. The van der Waals surface area contributed by atoms with Crippen molar-refractivity contribution in [3.05, 3.63) is 47.4 Å². The van der Waals surface area contributed by atoms with Crippen molar-refractivity contribution in [3.8, 4) is 17.3 Å². The highest BCUT2D eigenvalue weighted by molar-refractivity contribution is 5.60. The molecule has 3 nitrogen and oxygen atoms in total. The van der Waals surface area contributed by atoms with E-state index in [-0.39, 0.29) is 0 Å². The fourth-order valence-corrected chi connectivity index (χ4v) is 1.75. The second-order valence-corrected chi connectivity index (χ2v) is 4.32. The van der Waals surface area contributed by atoms with Crippen LogP contribution in [0.3, 0.4) is 0 Å². The molecule has 0 spiro atoms. The lowest BCUT2D eigenvalue weighted by atomic mass is 10.0. The fraction of sp³-hybridized carbons (Fsp3) is 0.267. The first-order valence-corrected chi connectivity index (χ1v) is 5.97. The Morgan fingerprint density at radius 1 is 1.17 bits per heavy atom. The van der Waals surface area contributed by atoms with Crippen LogP contribution in [0.25, 0.3) is 11.3 Å². The van der Waals surface area contributed by atoms with E-state index in [0.717, 1.165) is 17.1 Å². The van der Waals surface area contributed by atoms with Gasteiger partial charge in [0.05, 0.1) is 11.8 Å². The van der Waals surface area contributed by atoms with Gasteiger partial charge in [0.25, 0.3) is 0 Å². The van der Waals surface area contributed by atoms with Gasteiger partial charge in [-0.3, -0.25) is 0 Å². The number of hydrogen-bond acceptors (Lipinski definition) is 3. The number of benzene rings is 1. The maximum atomic E-state index is 8.58. The highest BCUT2D eigenvalue weighted by atomic mass is 14.9. The summed E-state index contributed by atoms with van der Waals surface area (Å²) in [6, 6.07) is 10.3. The van der Waals surface area contributed by atoms with E-state index in [2.05, 4.69) is 48.1 Å². The van der Waals surface area contributed by atoms with Crippen molar-refractivity contribution in [2.75, 3.05) is 0 Å². The third-order valence-corrected chi connectivity index (χ3v) is 2.97. The lowest BCUT2D eigenvalue weighted by Crippen LogP contribution is -1.96. The minimum absolute atomic E-state index is 0.455. The molecule has 1 heterocycles. The summed E-state index contributed by atoms with van der Waals surface area (Å²) in [4.78, 5) is 8.67. The zero-order chi connectivity index (χ0) is 13.0. The molecular formula is C15H15N3. The van der Waals surface area contributed by atoms with E-state index < -0.39 is 0 Å². The van der Waals surface area contributed by atoms with Crippen molar-refractivity contribution in [2.45, 2.75) is 26.7 Å². The van der Waals surface area contributed by atoms with Gasteiger partial charge in [0.15, 0.2) is 0 Å². The molecule has 1 aromatic heterocycles. The number of rotatable bonds is 3. The van der Waals surface area contributed by atoms with Gasteiger partial charge in [-0.1, -0.05) is 12.1 Å². The Kier molecular flexibility index (Phi) is 3.69. The first-order chi connectivity index (χ1) is 8.70. The van der Waals surface area contributed by atoms with Gasteiger partial charge in [0, 0.05) is 24.6 Å². The highest BCUT2D eigenvalue weighted by Crippen LogP contribution is 2.20. The minimum atomic E-state index is 0.455. The van der Waals surface area contributed by atoms with Crippen LogP contribution in [0.5, 0.6) is 0 Å². The van der Waals surface area contributed by atoms with E-state index in [4.69, 9.17) is 5.26 Å². The summed E-state index contributed by atoms with van der Waals surface area (Å²) in [6.07, 6.45) is 2.82. The molecule has 0 radical (unpaired) electrons. The smallest absolute Gasteiger partial charge is 0.129 e. The second-order valence-electron chi connectivity index (χ2n) is 4.32. The quantitative estimate of drug-likeness (QED) is 0.823. The van der Waals surface area contributed by atoms with Crippen LogP contribution in [0.15, 0.2) is 30.5 Å². The summed E-state index contributed by atoms with van der Waals surface area (Å²) >= 11 is 0. The van der Waals surface area contributed by atoms with Crippen molar-refractivity contribution in [1.82, 2.24) is 9.97 Å². The van der Waals surface area contributed by atoms with Crippen molar-refractivity contribution < 1.29 is 0 Å². The third kappa shape index (κ3) is 2.72. The van der Waals surface area contributed by atoms with Crippen LogP contribution in [0, 0.1) is 25.2 Å². The summed E-state index contributed by atoms with van der Waals surface area (Å²) in [5, 5.41) is 8.58. The van der Waals surface area contributed by atoms with Crippen LogP contribution in [0.1, 0.15) is 23.4 Å². The number of hydrogen-bond donors (Lipinski definition) is 0. The molecule has 3 heteroatoms. The van der Waals surface area contributed by atoms with E-state index in [1.54, 1.807) is 6.20 Å². The predicted octanol–water partition coefficient (Wildman–Crippen LogP) is 3.22. The average Bonchev–Trinajstić information content (AvgIpc) is 2.40. The van der Waals surface area contributed by atoms with Gasteiger partial charge in [0.1, 0.15) is 5.82 Å². The van der Waals surface area contributed by atoms with Crippen molar-refractivity contribution >= 4 is 0 Å². The maximum absolute atomic E-state index is 8.58. The van der Waals surface area contributed by atoms with E-state index in [9.17, 15) is 0 Å². The van der Waals surface area contributed by atoms with Gasteiger partial charge in [-0.15, -0.1) is 0 Å². The Morgan fingerprint density at radius 3 is 2.72 bits per heavy atom. The van der Waals surface area contributed by atoms with Gasteiger partial charge in [0.2, 0.25) is 0 Å². The summed E-state index contributed by atoms with van der Waals surface area (Å²) in [7, 11) is 0. The van der Waals surface area contributed by atoms with Gasteiger partial charge in [-0.2, -0.15) is 5.26 Å². The Hall–Kier alpha value is -2.21. The lowest BCUT2D eigenvalue weighted by molar-refractivity contribution is 0.887. The third-order valence-electron chi connectivity index (χ3n) is 2.97. The molecule has 18 heavy (non-hydrogen) atoms. The monoisotopic (exact) mass is 237 g/mol. The molecule has 0 saturated carbocycles. The minimum Gasteiger partial charge on any atom is -0.241 e. The summed E-state index contributed by atoms with van der Waals surface area (Å²) in [6.45, 7) is 4.19. The molecule has 0 atom stereocenters. The molecule has 2 rings (SSSR count). The molecule has 1 aromatic carbocycles. The van der Waals surface area contributed by atoms with Crippen molar-refractivity contribution in [3.63, 3.8) is 0 Å². The zero-order valence-electron chi connectivity index (χ0n) is 10.6. The zero-order valence-corrected chi connectivity index (χ0v) is 10.6. The molecule has 0 fully saturated rings. The Bertz CT molecular complexity index is 597. The molecule has 0 unspecified atom stereocenters. The van der Waals surface area contributed by atoms with Crippen LogP contribution in [-0.4, -0.2) is 9.97 Å². The number of aryl methyl sites for hydroxylation is 3. The lowest BCUT2D eigenvalue weighted by Gasteiger charge is -2.05. The predicted molar refractivity (Wildman–Crippen MR) is 70.9 cm³/mol. The van der Waals surface area contributed by atoms with Crippen molar-refractivity contribution in [2.24, 2.45) is 0 Å². The topological polar surface area (TPSA) is 49.6 Å². The normalized spacial score (nSPS) is 10.1. The number of nitriles is 1. The molecule has 0 amide bonds. The second kappa shape index (κ2) is 5.42. The average molecular weight is 237 g/mol. The van der Waals surface area contributed by atoms with Gasteiger partial charge in [-0.05, 0) is 37.1 Å². The van der Waals surface area contributed by atoms with Crippen LogP contribution < -0.4 is 0 Å². The van der Waals surface area contributed by atoms with E-state index in [1.807, 2.05) is 6.07 Å². The van der Waals surface area contributed by atoms with Gasteiger partial charge < -0.3 is 0 Å². The van der Waals surface area contributed by atoms with Crippen LogP contribution in [-0.2, 0) is 6.42 Å². The Balaban J connectivity index is 2.32. The molecule has 2 aromatic rings. The summed E-state index contributed by atoms with van der Waals surface area (Å²) < 4.78 is 0. The van der Waals surface area contributed by atoms with E-state index >= 15 is 0 Å². The summed E-state index contributed by atoms with van der Waals surface area (Å²) in [5.41, 5.74) is 4.54. The Labute approximate surface area is 107 Å². The fourth-order valence-electron chi connectivity index (χ4n) is 1.75. The van der Waals surface area contributed by atoms with E-state index in [0.29, 0.717) is 12.8 Å². The molecule has 0 aliphatic heterocycles. The highest BCUT2D eigenvalue weighted by Gasteiger charge is 2.03. The van der Waals surface area contributed by atoms with Crippen LogP contribution in [0.4, 0.5) is 0 Å².